The summed E-state index contributed by atoms with van der Waals surface area (Å²) in [7, 11) is 0. The number of amides is 1. The van der Waals surface area contributed by atoms with E-state index in [9.17, 15) is 19.5 Å². The second-order valence-corrected chi connectivity index (χ2v) is 9.59. The van der Waals surface area contributed by atoms with Crippen molar-refractivity contribution in [3.63, 3.8) is 0 Å². The fourth-order valence-corrected chi connectivity index (χ4v) is 4.82. The molecule has 0 aromatic heterocycles. The molecule has 1 heterocycles. The van der Waals surface area contributed by atoms with Crippen molar-refractivity contribution >= 4 is 29.6 Å². The van der Waals surface area contributed by atoms with E-state index in [-0.39, 0.29) is 34.9 Å². The predicted octanol–water partition coefficient (Wildman–Crippen LogP) is 5.40. The van der Waals surface area contributed by atoms with Gasteiger partial charge in [-0.25, -0.2) is 4.79 Å². The van der Waals surface area contributed by atoms with E-state index < -0.39 is 17.9 Å². The van der Waals surface area contributed by atoms with Crippen LogP contribution < -0.4 is 0 Å². The van der Waals surface area contributed by atoms with Crippen molar-refractivity contribution in [2.75, 3.05) is 6.54 Å². The largest absolute Gasteiger partial charge is 2.00 e. The van der Waals surface area contributed by atoms with Gasteiger partial charge in [-0.15, -0.1) is 5.69 Å². The summed E-state index contributed by atoms with van der Waals surface area (Å²) in [6.45, 7) is 3.20. The smallest absolute Gasteiger partial charge is 0.625 e. The first-order chi connectivity index (χ1) is 18.5. The molecule has 1 amide bonds. The number of carbonyl (C=O) groups excluding carboxylic acids is 2. The number of benzene rings is 3. The van der Waals surface area contributed by atoms with Gasteiger partial charge in [-0.1, -0.05) is 91.9 Å². The van der Waals surface area contributed by atoms with Crippen LogP contribution in [0.2, 0.25) is 0 Å². The van der Waals surface area contributed by atoms with Gasteiger partial charge in [0.25, 0.3) is 0 Å². The molecule has 1 N–H and O–H groups in total. The molecule has 0 aliphatic carbocycles. The molecule has 4 rings (SSSR count). The van der Waals surface area contributed by atoms with Crippen molar-refractivity contribution in [2.24, 2.45) is 10.9 Å². The van der Waals surface area contributed by atoms with Crippen LogP contribution in [0.1, 0.15) is 42.9 Å². The Labute approximate surface area is 239 Å². The molecule has 1 fully saturated rings. The number of aliphatic imine (C=N–C) groups is 1. The Hall–Kier alpha value is -3.61. The number of aliphatic carboxylic acids is 1. The van der Waals surface area contributed by atoms with E-state index in [0.717, 1.165) is 24.9 Å². The number of carboxylic acid groups (broad SMARTS) is 1. The molecule has 0 bridgehead atoms. The molecule has 1 aliphatic heterocycles. The van der Waals surface area contributed by atoms with Gasteiger partial charge in [0.15, 0.2) is 6.04 Å². The maximum Gasteiger partial charge on any atom is 2.00 e. The molecule has 8 heteroatoms. The third-order valence-corrected chi connectivity index (χ3v) is 6.84. The van der Waals surface area contributed by atoms with Crippen LogP contribution in [-0.2, 0) is 37.4 Å². The van der Waals surface area contributed by atoms with E-state index in [4.69, 9.17) is 0 Å². The topological polar surface area (TPSA) is 101 Å². The van der Waals surface area contributed by atoms with Gasteiger partial charge in [0.1, 0.15) is 6.29 Å². The van der Waals surface area contributed by atoms with Crippen molar-refractivity contribution in [3.05, 3.63) is 107 Å². The molecule has 3 aromatic carbocycles. The number of aldehydes is 1. The number of rotatable bonds is 11. The fraction of sp³-hybridized carbons (Fsp3) is 0.290. The molecule has 1 saturated heterocycles. The minimum atomic E-state index is -1.13. The molecular weight excluding hydrogens is 537 g/mol. The van der Waals surface area contributed by atoms with Crippen LogP contribution in [0, 0.1) is 5.92 Å². The normalized spacial score (nSPS) is 17.1. The van der Waals surface area contributed by atoms with E-state index in [1.807, 2.05) is 54.6 Å². The minimum Gasteiger partial charge on any atom is -0.625 e. The Bertz CT molecular complexity index is 1280. The number of nitrogens with zero attached hydrogens (tertiary/aromatic N) is 3. The number of hydrogen-bond acceptors (Lipinski definition) is 5. The Kier molecular flexibility index (Phi) is 11.1. The first-order valence-corrected chi connectivity index (χ1v) is 12.9. The van der Waals surface area contributed by atoms with Gasteiger partial charge in [-0.3, -0.25) is 9.89 Å². The number of carboxylic acids is 1. The summed E-state index contributed by atoms with van der Waals surface area (Å²) >= 11 is 0. The zero-order chi connectivity index (χ0) is 26.9. The number of carbonyl (C=O) groups is 3. The van der Waals surface area contributed by atoms with Crippen LogP contribution in [0.3, 0.4) is 0 Å². The maximum atomic E-state index is 13.5. The molecule has 1 aliphatic rings. The van der Waals surface area contributed by atoms with Crippen LogP contribution in [0.25, 0.3) is 5.32 Å². The molecular formula is C31H32N3NiO4+. The summed E-state index contributed by atoms with van der Waals surface area (Å²) < 4.78 is 0. The van der Waals surface area contributed by atoms with Crippen LogP contribution >= 0.6 is 0 Å². The first kappa shape index (κ1) is 29.9. The quantitative estimate of drug-likeness (QED) is 0.190. The standard InChI is InChI=1S/C31H33N3O4.Ni/c1-22(18-20-35)28(31(37)38)33-29(24-13-6-3-7-14-24)25-15-8-9-16-26(25)32-30(36)27-17-10-19-34(27)21-23-11-4-2-5-12-23;/h2-9,11-16,20,22,27-28H,10,17-19,21H2,1H3,(H2,32,33,36,37,38);/q;+2/p-1/t22?,27-,28?;/m1./s1. The van der Waals surface area contributed by atoms with Crippen LogP contribution in [0.4, 0.5) is 5.69 Å². The second-order valence-electron chi connectivity index (χ2n) is 9.59. The van der Waals surface area contributed by atoms with Crippen molar-refractivity contribution in [1.82, 2.24) is 4.90 Å². The van der Waals surface area contributed by atoms with E-state index in [2.05, 4.69) is 27.3 Å². The first-order valence-electron chi connectivity index (χ1n) is 12.9. The minimum absolute atomic E-state index is 0. The van der Waals surface area contributed by atoms with E-state index in [0.29, 0.717) is 35.4 Å². The third-order valence-electron chi connectivity index (χ3n) is 6.84. The predicted molar refractivity (Wildman–Crippen MR) is 148 cm³/mol. The third kappa shape index (κ3) is 7.72. The SMILES string of the molecule is CC(CC=O)C(N=C(c1ccccc1)c1ccccc1[N-]C(=O)[C@H]1CCCN1Cc1ccccc1)C(=O)O.[Ni+2]. The van der Waals surface area contributed by atoms with Crippen molar-refractivity contribution in [1.29, 1.82) is 0 Å². The van der Waals surface area contributed by atoms with Gasteiger partial charge in [0.2, 0.25) is 0 Å². The van der Waals surface area contributed by atoms with Gasteiger partial charge in [0, 0.05) is 18.5 Å². The average molecular weight is 569 g/mol. The molecule has 39 heavy (non-hydrogen) atoms. The van der Waals surface area contributed by atoms with Gasteiger partial charge >= 0.3 is 22.5 Å². The molecule has 204 valence electrons. The van der Waals surface area contributed by atoms with Crippen LogP contribution in [-0.4, -0.2) is 52.5 Å². The Morgan fingerprint density at radius 3 is 2.33 bits per heavy atom. The monoisotopic (exact) mass is 568 g/mol. The van der Waals surface area contributed by atoms with Crippen LogP contribution in [0.5, 0.6) is 0 Å². The van der Waals surface area contributed by atoms with Gasteiger partial charge in [0.05, 0.1) is 17.7 Å². The van der Waals surface area contributed by atoms with Crippen molar-refractivity contribution in [3.8, 4) is 0 Å². The Morgan fingerprint density at radius 1 is 1.03 bits per heavy atom. The van der Waals surface area contributed by atoms with Crippen molar-refractivity contribution in [2.45, 2.75) is 44.8 Å². The van der Waals surface area contributed by atoms with E-state index in [1.54, 1.807) is 25.1 Å². The molecule has 3 aromatic rings. The average Bonchev–Trinajstić information content (AvgIpc) is 3.39. The van der Waals surface area contributed by atoms with Gasteiger partial charge < -0.3 is 20.0 Å². The number of hydrogen-bond donors (Lipinski definition) is 1. The summed E-state index contributed by atoms with van der Waals surface area (Å²) in [5.41, 5.74) is 3.30. The van der Waals surface area contributed by atoms with E-state index >= 15 is 0 Å². The number of para-hydroxylation sites is 1. The zero-order valence-corrected chi connectivity index (χ0v) is 22.7. The molecule has 0 radical (unpaired) electrons. The van der Waals surface area contributed by atoms with Crippen molar-refractivity contribution < 1.29 is 36.0 Å². The molecule has 2 unspecified atom stereocenters. The summed E-state index contributed by atoms with van der Waals surface area (Å²) in [6.07, 6.45) is 2.45. The Morgan fingerprint density at radius 2 is 1.67 bits per heavy atom. The Balaban J connectivity index is 0.00000420. The molecule has 7 nitrogen and oxygen atoms in total. The maximum absolute atomic E-state index is 13.5. The summed E-state index contributed by atoms with van der Waals surface area (Å²) in [5, 5.41) is 14.5. The summed E-state index contributed by atoms with van der Waals surface area (Å²) in [5.74, 6) is -1.83. The summed E-state index contributed by atoms with van der Waals surface area (Å²) in [4.78, 5) is 43.5. The second kappa shape index (κ2) is 14.5. The van der Waals surface area contributed by atoms with Crippen LogP contribution in [0.15, 0.2) is 89.9 Å². The molecule has 0 spiro atoms. The number of likely N-dealkylation sites (tertiary alicyclic amines) is 1. The molecule has 0 saturated carbocycles. The zero-order valence-electron chi connectivity index (χ0n) is 21.8. The fourth-order valence-electron chi connectivity index (χ4n) is 4.82. The van der Waals surface area contributed by atoms with Gasteiger partial charge in [-0.2, -0.15) is 0 Å². The summed E-state index contributed by atoms with van der Waals surface area (Å²) in [6, 6.07) is 25.1. The molecule has 3 atom stereocenters. The van der Waals surface area contributed by atoms with E-state index in [1.165, 1.54) is 0 Å². The van der Waals surface area contributed by atoms with Gasteiger partial charge in [-0.05, 0) is 36.4 Å².